The van der Waals surface area contributed by atoms with Gasteiger partial charge in [0.25, 0.3) is 5.91 Å². The molecule has 0 fully saturated rings. The van der Waals surface area contributed by atoms with Gasteiger partial charge >= 0.3 is 0 Å². The quantitative estimate of drug-likeness (QED) is 0.516. The van der Waals surface area contributed by atoms with Crippen LogP contribution < -0.4 is 5.32 Å². The number of carbonyl (C=O) groups is 1. The first-order chi connectivity index (χ1) is 13.8. The van der Waals surface area contributed by atoms with E-state index in [1.165, 1.54) is 18.2 Å². The smallest absolute Gasteiger partial charge is 0.266 e. The molecule has 29 heavy (non-hydrogen) atoms. The molecular formula is C23H21FN4O. The lowest BCUT2D eigenvalue weighted by atomic mass is 10.1. The van der Waals surface area contributed by atoms with Crippen LogP contribution in [0.1, 0.15) is 28.1 Å². The fourth-order valence-corrected chi connectivity index (χ4v) is 3.13. The lowest BCUT2D eigenvalue weighted by Crippen LogP contribution is -2.14. The molecule has 2 aromatic carbocycles. The predicted molar refractivity (Wildman–Crippen MR) is 111 cm³/mol. The number of hydrogen-bond donors (Lipinski definition) is 1. The summed E-state index contributed by atoms with van der Waals surface area (Å²) in [6.45, 7) is 7.52. The van der Waals surface area contributed by atoms with Crippen LogP contribution >= 0.6 is 0 Å². The summed E-state index contributed by atoms with van der Waals surface area (Å²) in [6, 6.07) is 13.6. The van der Waals surface area contributed by atoms with E-state index in [1.54, 1.807) is 23.7 Å². The van der Waals surface area contributed by atoms with Gasteiger partial charge in [-0.15, -0.1) is 0 Å². The first-order valence-electron chi connectivity index (χ1n) is 9.12. The molecule has 0 aliphatic carbocycles. The van der Waals surface area contributed by atoms with Crippen molar-refractivity contribution in [2.75, 3.05) is 5.32 Å². The van der Waals surface area contributed by atoms with Crippen molar-refractivity contribution in [2.24, 2.45) is 0 Å². The number of nitriles is 1. The Kier molecular flexibility index (Phi) is 5.60. The van der Waals surface area contributed by atoms with Crippen molar-refractivity contribution < 1.29 is 9.18 Å². The number of nitrogens with zero attached hydrogens (tertiary/aromatic N) is 3. The van der Waals surface area contributed by atoms with Crippen LogP contribution in [-0.4, -0.2) is 15.7 Å². The van der Waals surface area contributed by atoms with E-state index >= 15 is 0 Å². The molecule has 0 unspecified atom stereocenters. The second-order valence-electron chi connectivity index (χ2n) is 6.92. The molecule has 1 heterocycles. The average molecular weight is 388 g/mol. The minimum absolute atomic E-state index is 0.0187. The second-order valence-corrected chi connectivity index (χ2v) is 6.92. The molecule has 0 radical (unpaired) electrons. The van der Waals surface area contributed by atoms with Crippen LogP contribution in [0.15, 0.2) is 48.0 Å². The van der Waals surface area contributed by atoms with Crippen molar-refractivity contribution in [1.82, 2.24) is 9.78 Å². The van der Waals surface area contributed by atoms with Gasteiger partial charge < -0.3 is 5.32 Å². The molecule has 1 amide bonds. The lowest BCUT2D eigenvalue weighted by molar-refractivity contribution is -0.112. The number of aromatic nitrogens is 2. The van der Waals surface area contributed by atoms with Crippen LogP contribution in [0, 0.1) is 44.8 Å². The molecule has 3 aromatic rings. The van der Waals surface area contributed by atoms with Crippen molar-refractivity contribution in [3.8, 4) is 11.8 Å². The zero-order valence-electron chi connectivity index (χ0n) is 16.7. The van der Waals surface area contributed by atoms with Crippen molar-refractivity contribution in [2.45, 2.75) is 27.7 Å². The Morgan fingerprint density at radius 2 is 1.83 bits per heavy atom. The second kappa shape index (κ2) is 8.11. The Balaban J connectivity index is 1.94. The predicted octanol–water partition coefficient (Wildman–Crippen LogP) is 4.79. The molecule has 5 nitrogen and oxygen atoms in total. The number of rotatable bonds is 4. The first-order valence-corrected chi connectivity index (χ1v) is 9.12. The van der Waals surface area contributed by atoms with Gasteiger partial charge in [-0.3, -0.25) is 4.79 Å². The van der Waals surface area contributed by atoms with E-state index in [-0.39, 0.29) is 11.4 Å². The zero-order valence-corrected chi connectivity index (χ0v) is 16.7. The SMILES string of the molecule is Cc1ccc(NC(=O)/C(C#N)=C/c2c(C)nn(-c3ccc(F)cc3)c2C)c(C)c1. The molecule has 1 N–H and O–H groups in total. The summed E-state index contributed by atoms with van der Waals surface area (Å²) in [7, 11) is 0. The highest BCUT2D eigenvalue weighted by Gasteiger charge is 2.16. The number of nitrogens with one attached hydrogen (secondary N) is 1. The van der Waals surface area contributed by atoms with Crippen LogP contribution in [0.4, 0.5) is 10.1 Å². The van der Waals surface area contributed by atoms with Gasteiger partial charge in [0, 0.05) is 16.9 Å². The van der Waals surface area contributed by atoms with Gasteiger partial charge in [-0.25, -0.2) is 9.07 Å². The highest BCUT2D eigenvalue weighted by molar-refractivity contribution is 6.10. The third kappa shape index (κ3) is 4.25. The third-order valence-corrected chi connectivity index (χ3v) is 4.70. The summed E-state index contributed by atoms with van der Waals surface area (Å²) in [5, 5.41) is 16.8. The molecule has 6 heteroatoms. The largest absolute Gasteiger partial charge is 0.321 e. The monoisotopic (exact) mass is 388 g/mol. The van der Waals surface area contributed by atoms with E-state index in [0.717, 1.165) is 16.8 Å². The highest BCUT2D eigenvalue weighted by atomic mass is 19.1. The lowest BCUT2D eigenvalue weighted by Gasteiger charge is -2.08. The maximum Gasteiger partial charge on any atom is 0.266 e. The number of benzene rings is 2. The molecule has 0 spiro atoms. The Labute approximate surface area is 169 Å². The number of aryl methyl sites for hydroxylation is 3. The molecule has 146 valence electrons. The highest BCUT2D eigenvalue weighted by Crippen LogP contribution is 2.22. The summed E-state index contributed by atoms with van der Waals surface area (Å²) in [6.07, 6.45) is 1.54. The summed E-state index contributed by atoms with van der Waals surface area (Å²) in [5.41, 5.74) is 5.46. The van der Waals surface area contributed by atoms with Gasteiger partial charge in [-0.05, 0) is 69.7 Å². The number of amides is 1. The molecular weight excluding hydrogens is 367 g/mol. The molecule has 0 atom stereocenters. The Morgan fingerprint density at radius 1 is 1.14 bits per heavy atom. The number of hydrogen-bond acceptors (Lipinski definition) is 3. The molecule has 0 bridgehead atoms. The third-order valence-electron chi connectivity index (χ3n) is 4.70. The topological polar surface area (TPSA) is 70.7 Å². The van der Waals surface area contributed by atoms with E-state index in [2.05, 4.69) is 10.4 Å². The number of anilines is 1. The Morgan fingerprint density at radius 3 is 2.45 bits per heavy atom. The molecule has 0 aliphatic rings. The van der Waals surface area contributed by atoms with Crippen molar-refractivity contribution in [1.29, 1.82) is 5.26 Å². The van der Waals surface area contributed by atoms with Gasteiger partial charge in [0.2, 0.25) is 0 Å². The van der Waals surface area contributed by atoms with Crippen LogP contribution in [0.25, 0.3) is 11.8 Å². The molecule has 3 rings (SSSR count). The fraction of sp³-hybridized carbons (Fsp3) is 0.174. The zero-order chi connectivity index (χ0) is 21.1. The molecule has 1 aromatic heterocycles. The standard InChI is InChI=1S/C23H21FN4O/c1-14-5-10-22(15(2)11-14)26-23(29)18(13-25)12-21-16(3)27-28(17(21)4)20-8-6-19(24)7-9-20/h5-12H,1-4H3,(H,26,29)/b18-12+. The minimum atomic E-state index is -0.479. The van der Waals surface area contributed by atoms with Crippen LogP contribution in [0.3, 0.4) is 0 Å². The van der Waals surface area contributed by atoms with Crippen molar-refractivity contribution in [3.05, 3.63) is 81.9 Å². The van der Waals surface area contributed by atoms with E-state index < -0.39 is 5.91 Å². The Bertz CT molecular complexity index is 1150. The van der Waals surface area contributed by atoms with E-state index in [0.29, 0.717) is 22.6 Å². The first kappa shape index (κ1) is 20.0. The van der Waals surface area contributed by atoms with Crippen LogP contribution in [0.5, 0.6) is 0 Å². The van der Waals surface area contributed by atoms with Gasteiger partial charge in [0.15, 0.2) is 0 Å². The Hall–Kier alpha value is -3.72. The molecule has 0 saturated heterocycles. The van der Waals surface area contributed by atoms with E-state index in [9.17, 15) is 14.4 Å². The van der Waals surface area contributed by atoms with E-state index in [4.69, 9.17) is 0 Å². The van der Waals surface area contributed by atoms with Gasteiger partial charge in [0.1, 0.15) is 17.5 Å². The number of halogens is 1. The average Bonchev–Trinajstić information content (AvgIpc) is 2.96. The maximum absolute atomic E-state index is 13.2. The van der Waals surface area contributed by atoms with E-state index in [1.807, 2.05) is 45.0 Å². The normalized spacial score (nSPS) is 11.2. The van der Waals surface area contributed by atoms with Gasteiger partial charge in [-0.2, -0.15) is 10.4 Å². The summed E-state index contributed by atoms with van der Waals surface area (Å²) >= 11 is 0. The van der Waals surface area contributed by atoms with Crippen LogP contribution in [0.2, 0.25) is 0 Å². The summed E-state index contributed by atoms with van der Waals surface area (Å²) in [4.78, 5) is 12.7. The molecule has 0 aliphatic heterocycles. The van der Waals surface area contributed by atoms with Crippen molar-refractivity contribution in [3.63, 3.8) is 0 Å². The minimum Gasteiger partial charge on any atom is -0.321 e. The number of carbonyl (C=O) groups excluding carboxylic acids is 1. The summed E-state index contributed by atoms with van der Waals surface area (Å²) < 4.78 is 14.9. The van der Waals surface area contributed by atoms with Gasteiger partial charge in [-0.1, -0.05) is 17.7 Å². The summed E-state index contributed by atoms with van der Waals surface area (Å²) in [5.74, 6) is -0.807. The van der Waals surface area contributed by atoms with Gasteiger partial charge in [0.05, 0.1) is 11.4 Å². The van der Waals surface area contributed by atoms with Crippen LogP contribution in [-0.2, 0) is 4.79 Å². The fourth-order valence-electron chi connectivity index (χ4n) is 3.13. The molecule has 0 saturated carbocycles. The maximum atomic E-state index is 13.2. The van der Waals surface area contributed by atoms with Crippen molar-refractivity contribution >= 4 is 17.7 Å².